The van der Waals surface area contributed by atoms with Gasteiger partial charge >= 0.3 is 0 Å². The van der Waals surface area contributed by atoms with Crippen molar-refractivity contribution in [3.8, 4) is 0 Å². The molecular weight excluding hydrogens is 178 g/mol. The van der Waals surface area contributed by atoms with E-state index in [2.05, 4.69) is 13.8 Å². The molecule has 0 bridgehead atoms. The Balaban J connectivity index is 2.40. The van der Waals surface area contributed by atoms with Crippen LogP contribution in [0.4, 0.5) is 0 Å². The molecule has 0 amide bonds. The van der Waals surface area contributed by atoms with Gasteiger partial charge in [0.2, 0.25) is 0 Å². The highest BCUT2D eigenvalue weighted by Crippen LogP contribution is 2.20. The Hall–Kier alpha value is -0.410. The first-order chi connectivity index (χ1) is 6.69. The lowest BCUT2D eigenvalue weighted by atomic mass is 9.89. The fraction of sp³-hybridized carbons (Fsp3) is 0.909. The molecule has 0 aromatic carbocycles. The first kappa shape index (κ1) is 11.7. The van der Waals surface area contributed by atoms with Crippen molar-refractivity contribution in [3.05, 3.63) is 0 Å². The molecule has 14 heavy (non-hydrogen) atoms. The number of hydrogen-bond acceptors (Lipinski definition) is 3. The summed E-state index contributed by atoms with van der Waals surface area (Å²) >= 11 is 0. The van der Waals surface area contributed by atoms with Gasteiger partial charge in [-0.05, 0) is 5.92 Å². The van der Waals surface area contributed by atoms with Crippen LogP contribution in [0.1, 0.15) is 33.1 Å². The van der Waals surface area contributed by atoms with Crippen molar-refractivity contribution >= 4 is 5.78 Å². The predicted octanol–water partition coefficient (Wildman–Crippen LogP) is 1.36. The third kappa shape index (κ3) is 2.79. The highest BCUT2D eigenvalue weighted by Gasteiger charge is 2.31. The highest BCUT2D eigenvalue weighted by atomic mass is 16.5. The number of carbonyl (C=O) groups is 1. The molecule has 3 nitrogen and oxygen atoms in total. The van der Waals surface area contributed by atoms with Crippen molar-refractivity contribution in [2.75, 3.05) is 13.2 Å². The molecule has 1 aliphatic rings. The van der Waals surface area contributed by atoms with Gasteiger partial charge in [0.25, 0.3) is 0 Å². The van der Waals surface area contributed by atoms with Gasteiger partial charge < -0.3 is 10.5 Å². The lowest BCUT2D eigenvalue weighted by Gasteiger charge is -2.16. The van der Waals surface area contributed by atoms with Crippen LogP contribution < -0.4 is 5.73 Å². The number of Topliss-reactive ketones (excluding diaryl/α,β-unsaturated/α-hetero) is 1. The molecule has 0 spiro atoms. The molecule has 0 aliphatic carbocycles. The normalized spacial score (nSPS) is 27.1. The van der Waals surface area contributed by atoms with E-state index in [1.807, 2.05) is 0 Å². The van der Waals surface area contributed by atoms with Crippen LogP contribution in [0.25, 0.3) is 0 Å². The maximum absolute atomic E-state index is 11.8. The molecule has 1 saturated heterocycles. The van der Waals surface area contributed by atoms with E-state index < -0.39 is 0 Å². The summed E-state index contributed by atoms with van der Waals surface area (Å²) in [4.78, 5) is 11.8. The van der Waals surface area contributed by atoms with Crippen LogP contribution in [-0.4, -0.2) is 25.0 Å². The molecule has 2 atom stereocenters. The Morgan fingerprint density at radius 3 is 2.50 bits per heavy atom. The zero-order valence-electron chi connectivity index (χ0n) is 9.16. The average molecular weight is 199 g/mol. The van der Waals surface area contributed by atoms with Crippen LogP contribution in [0.3, 0.4) is 0 Å². The molecule has 1 aliphatic heterocycles. The summed E-state index contributed by atoms with van der Waals surface area (Å²) in [5, 5.41) is 0. The first-order valence-electron chi connectivity index (χ1n) is 5.55. The maximum Gasteiger partial charge on any atom is 0.140 e. The summed E-state index contributed by atoms with van der Waals surface area (Å²) < 4.78 is 5.19. The minimum Gasteiger partial charge on any atom is -0.379 e. The summed E-state index contributed by atoms with van der Waals surface area (Å²) in [6.45, 7) is 5.33. The van der Waals surface area contributed by atoms with Crippen molar-refractivity contribution in [2.45, 2.75) is 39.2 Å². The monoisotopic (exact) mass is 199 g/mol. The fourth-order valence-corrected chi connectivity index (χ4v) is 1.92. The third-order valence-electron chi connectivity index (χ3n) is 3.18. The summed E-state index contributed by atoms with van der Waals surface area (Å²) in [7, 11) is 0. The zero-order chi connectivity index (χ0) is 10.6. The van der Waals surface area contributed by atoms with Crippen molar-refractivity contribution in [3.63, 3.8) is 0 Å². The van der Waals surface area contributed by atoms with E-state index in [-0.39, 0.29) is 12.0 Å². The van der Waals surface area contributed by atoms with Gasteiger partial charge in [0, 0.05) is 12.5 Å². The zero-order valence-corrected chi connectivity index (χ0v) is 9.16. The Morgan fingerprint density at radius 1 is 1.43 bits per heavy atom. The van der Waals surface area contributed by atoms with Gasteiger partial charge in [-0.25, -0.2) is 0 Å². The summed E-state index contributed by atoms with van der Waals surface area (Å²) in [6, 6.07) is -0.0723. The lowest BCUT2D eigenvalue weighted by molar-refractivity contribution is -0.124. The highest BCUT2D eigenvalue weighted by molar-refractivity contribution is 5.82. The number of ether oxygens (including phenoxy) is 1. The molecule has 2 unspecified atom stereocenters. The van der Waals surface area contributed by atoms with Crippen LogP contribution in [0.15, 0.2) is 0 Å². The molecule has 3 heteroatoms. The summed E-state index contributed by atoms with van der Waals surface area (Å²) in [6.07, 6.45) is 2.82. The smallest absolute Gasteiger partial charge is 0.140 e. The minimum absolute atomic E-state index is 0.0457. The quantitative estimate of drug-likeness (QED) is 0.727. The first-order valence-corrected chi connectivity index (χ1v) is 5.55. The molecule has 1 fully saturated rings. The van der Waals surface area contributed by atoms with E-state index in [4.69, 9.17) is 10.5 Å². The lowest BCUT2D eigenvalue weighted by Crippen LogP contribution is -2.34. The van der Waals surface area contributed by atoms with Crippen LogP contribution in [0, 0.1) is 11.8 Å². The van der Waals surface area contributed by atoms with Crippen molar-refractivity contribution in [1.29, 1.82) is 0 Å². The standard InChI is InChI=1S/C11H21NO2/c1-3-8(4-2)5-11(13)9-6-14-7-10(9)12/h8-10H,3-7,12H2,1-2H3. The second kappa shape index (κ2) is 5.47. The average Bonchev–Trinajstić information content (AvgIpc) is 2.60. The summed E-state index contributed by atoms with van der Waals surface area (Å²) in [5.41, 5.74) is 5.79. The van der Waals surface area contributed by atoms with Crippen molar-refractivity contribution in [1.82, 2.24) is 0 Å². The predicted molar refractivity (Wildman–Crippen MR) is 56.0 cm³/mol. The van der Waals surface area contributed by atoms with E-state index in [0.29, 0.717) is 31.3 Å². The molecule has 1 heterocycles. The largest absolute Gasteiger partial charge is 0.379 e. The number of ketones is 1. The van der Waals surface area contributed by atoms with Gasteiger partial charge in [-0.3, -0.25) is 4.79 Å². The van der Waals surface area contributed by atoms with Crippen LogP contribution >= 0.6 is 0 Å². The minimum atomic E-state index is -0.0723. The van der Waals surface area contributed by atoms with Crippen molar-refractivity contribution in [2.24, 2.45) is 17.6 Å². The van der Waals surface area contributed by atoms with Gasteiger partial charge in [-0.15, -0.1) is 0 Å². The number of hydrogen-bond donors (Lipinski definition) is 1. The molecule has 0 aromatic rings. The molecule has 0 aromatic heterocycles. The second-order valence-electron chi connectivity index (χ2n) is 4.16. The van der Waals surface area contributed by atoms with E-state index in [1.54, 1.807) is 0 Å². The SMILES string of the molecule is CCC(CC)CC(=O)C1COCC1N. The Labute approximate surface area is 86.0 Å². The van der Waals surface area contributed by atoms with Crippen molar-refractivity contribution < 1.29 is 9.53 Å². The second-order valence-corrected chi connectivity index (χ2v) is 4.16. The van der Waals surface area contributed by atoms with E-state index >= 15 is 0 Å². The number of nitrogens with two attached hydrogens (primary N) is 1. The molecule has 2 N–H and O–H groups in total. The van der Waals surface area contributed by atoms with E-state index in [1.165, 1.54) is 0 Å². The van der Waals surface area contributed by atoms with Gasteiger partial charge in [0.05, 0.1) is 19.1 Å². The topological polar surface area (TPSA) is 52.3 Å². The molecular formula is C11H21NO2. The number of rotatable bonds is 5. The van der Waals surface area contributed by atoms with E-state index in [0.717, 1.165) is 12.8 Å². The van der Waals surface area contributed by atoms with Crippen LogP contribution in [0.2, 0.25) is 0 Å². The van der Waals surface area contributed by atoms with Gasteiger partial charge in [-0.1, -0.05) is 26.7 Å². The van der Waals surface area contributed by atoms with Gasteiger partial charge in [0.15, 0.2) is 0 Å². The molecule has 0 radical (unpaired) electrons. The fourth-order valence-electron chi connectivity index (χ4n) is 1.92. The molecule has 82 valence electrons. The van der Waals surface area contributed by atoms with Gasteiger partial charge in [-0.2, -0.15) is 0 Å². The molecule has 1 rings (SSSR count). The van der Waals surface area contributed by atoms with E-state index in [9.17, 15) is 4.79 Å². The number of carbonyl (C=O) groups excluding carboxylic acids is 1. The Morgan fingerprint density at radius 2 is 2.07 bits per heavy atom. The Kier molecular flexibility index (Phi) is 4.55. The Bertz CT molecular complexity index is 190. The van der Waals surface area contributed by atoms with Gasteiger partial charge in [0.1, 0.15) is 5.78 Å². The summed E-state index contributed by atoms with van der Waals surface area (Å²) in [5.74, 6) is 0.773. The third-order valence-corrected chi connectivity index (χ3v) is 3.18. The maximum atomic E-state index is 11.8. The van der Waals surface area contributed by atoms with Crippen LogP contribution in [-0.2, 0) is 9.53 Å². The molecule has 0 saturated carbocycles. The van der Waals surface area contributed by atoms with Crippen LogP contribution in [0.5, 0.6) is 0 Å².